The first kappa shape index (κ1) is 13.0. The minimum atomic E-state index is 0.278. The maximum Gasteiger partial charge on any atom is 0.0878 e. The van der Waals surface area contributed by atoms with Gasteiger partial charge in [-0.05, 0) is 37.4 Å². The Labute approximate surface area is 124 Å². The summed E-state index contributed by atoms with van der Waals surface area (Å²) in [6.07, 6.45) is 4.36. The van der Waals surface area contributed by atoms with Crippen LogP contribution in [0.1, 0.15) is 24.5 Å². The molecule has 1 aromatic carbocycles. The zero-order chi connectivity index (χ0) is 14.2. The summed E-state index contributed by atoms with van der Waals surface area (Å²) in [6, 6.07) is 10.5. The van der Waals surface area contributed by atoms with E-state index >= 15 is 0 Å². The van der Waals surface area contributed by atoms with E-state index in [2.05, 4.69) is 21.4 Å². The summed E-state index contributed by atoms with van der Waals surface area (Å²) in [4.78, 5) is 2.41. The fourth-order valence-corrected chi connectivity index (χ4v) is 3.82. The molecule has 0 aliphatic carbocycles. The highest BCUT2D eigenvalue weighted by Crippen LogP contribution is 2.41. The third kappa shape index (κ3) is 2.26. The lowest BCUT2D eigenvalue weighted by atomic mass is 9.74. The van der Waals surface area contributed by atoms with Crippen LogP contribution in [-0.4, -0.2) is 50.7 Å². The highest BCUT2D eigenvalue weighted by Gasteiger charge is 2.41. The first-order chi connectivity index (χ1) is 10.3. The van der Waals surface area contributed by atoms with Gasteiger partial charge in [0.15, 0.2) is 0 Å². The SMILES string of the molecule is OC[C@@H]1C[C@@H]2CCN1C[C@H]2c1cn(-c2ccccc2)nn1. The number of hydrogen-bond acceptors (Lipinski definition) is 4. The Hall–Kier alpha value is -1.72. The average Bonchev–Trinajstić information content (AvgIpc) is 3.06. The van der Waals surface area contributed by atoms with E-state index in [-0.39, 0.29) is 6.61 Å². The predicted octanol–water partition coefficient (Wildman–Crippen LogP) is 1.44. The number of aliphatic hydroxyl groups excluding tert-OH is 1. The van der Waals surface area contributed by atoms with E-state index in [0.717, 1.165) is 30.9 Å². The minimum absolute atomic E-state index is 0.278. The zero-order valence-corrected chi connectivity index (χ0v) is 12.0. The van der Waals surface area contributed by atoms with Crippen LogP contribution in [0.15, 0.2) is 36.5 Å². The number of piperidine rings is 3. The molecule has 5 heteroatoms. The molecule has 0 amide bonds. The van der Waals surface area contributed by atoms with Crippen molar-refractivity contribution < 1.29 is 5.11 Å². The summed E-state index contributed by atoms with van der Waals surface area (Å²) in [5.74, 6) is 1.09. The van der Waals surface area contributed by atoms with Crippen LogP contribution in [0, 0.1) is 5.92 Å². The molecule has 4 atom stereocenters. The number of fused-ring (bicyclic) bond motifs is 3. The molecule has 2 bridgehead atoms. The fraction of sp³-hybridized carbons (Fsp3) is 0.500. The van der Waals surface area contributed by atoms with E-state index < -0.39 is 0 Å². The standard InChI is InChI=1S/C16H20N4O/c21-11-14-8-12-6-7-19(14)9-15(12)16-10-20(18-17-16)13-4-2-1-3-5-13/h1-5,10,12,14-15,21H,6-9,11H2/t12-,14-,15+/m0/s1. The molecule has 1 unspecified atom stereocenters. The van der Waals surface area contributed by atoms with Gasteiger partial charge in [0.25, 0.3) is 0 Å². The molecule has 4 heterocycles. The summed E-state index contributed by atoms with van der Waals surface area (Å²) in [5.41, 5.74) is 2.13. The van der Waals surface area contributed by atoms with E-state index in [0.29, 0.717) is 17.9 Å². The van der Waals surface area contributed by atoms with E-state index in [1.807, 2.05) is 35.0 Å². The third-order valence-corrected chi connectivity index (χ3v) is 5.00. The second-order valence-electron chi connectivity index (χ2n) is 6.15. The first-order valence-electron chi connectivity index (χ1n) is 7.67. The lowest BCUT2D eigenvalue weighted by molar-refractivity contribution is 0.00184. The van der Waals surface area contributed by atoms with Crippen molar-refractivity contribution in [1.82, 2.24) is 19.9 Å². The molecular formula is C16H20N4O. The number of para-hydroxylation sites is 1. The number of benzene rings is 1. The molecule has 5 rings (SSSR count). The molecule has 3 fully saturated rings. The van der Waals surface area contributed by atoms with Gasteiger partial charge in [0.2, 0.25) is 0 Å². The topological polar surface area (TPSA) is 54.2 Å². The van der Waals surface area contributed by atoms with Crippen LogP contribution in [0.5, 0.6) is 0 Å². The molecule has 21 heavy (non-hydrogen) atoms. The molecule has 0 saturated carbocycles. The van der Waals surface area contributed by atoms with Gasteiger partial charge in [0.1, 0.15) is 0 Å². The Bertz CT molecular complexity index is 612. The number of aromatic nitrogens is 3. The Morgan fingerprint density at radius 3 is 2.81 bits per heavy atom. The van der Waals surface area contributed by atoms with Gasteiger partial charge in [-0.1, -0.05) is 23.4 Å². The predicted molar refractivity (Wildman–Crippen MR) is 79.3 cm³/mol. The number of nitrogens with zero attached hydrogens (tertiary/aromatic N) is 4. The molecule has 3 aliphatic heterocycles. The molecule has 5 nitrogen and oxygen atoms in total. The van der Waals surface area contributed by atoms with Crippen molar-refractivity contribution in [1.29, 1.82) is 0 Å². The highest BCUT2D eigenvalue weighted by atomic mass is 16.3. The Morgan fingerprint density at radius 2 is 2.10 bits per heavy atom. The lowest BCUT2D eigenvalue weighted by Gasteiger charge is -2.48. The van der Waals surface area contributed by atoms with Gasteiger partial charge in [0.05, 0.1) is 24.2 Å². The average molecular weight is 284 g/mol. The van der Waals surface area contributed by atoms with E-state index in [9.17, 15) is 5.11 Å². The number of rotatable bonds is 3. The normalized spacial score (nSPS) is 31.5. The number of aliphatic hydroxyl groups is 1. The van der Waals surface area contributed by atoms with Crippen molar-refractivity contribution >= 4 is 0 Å². The number of hydrogen-bond donors (Lipinski definition) is 1. The van der Waals surface area contributed by atoms with Gasteiger partial charge in [-0.15, -0.1) is 5.10 Å². The van der Waals surface area contributed by atoms with Crippen molar-refractivity contribution in [3.63, 3.8) is 0 Å². The summed E-state index contributed by atoms with van der Waals surface area (Å²) in [6.45, 7) is 2.39. The van der Waals surface area contributed by atoms with E-state index in [4.69, 9.17) is 0 Å². The minimum Gasteiger partial charge on any atom is -0.395 e. The van der Waals surface area contributed by atoms with Crippen molar-refractivity contribution in [3.05, 3.63) is 42.2 Å². The second-order valence-corrected chi connectivity index (χ2v) is 6.15. The molecule has 1 N–H and O–H groups in total. The van der Waals surface area contributed by atoms with Crippen molar-refractivity contribution in [2.75, 3.05) is 19.7 Å². The van der Waals surface area contributed by atoms with Crippen LogP contribution < -0.4 is 0 Å². The van der Waals surface area contributed by atoms with Crippen molar-refractivity contribution in [3.8, 4) is 5.69 Å². The Balaban J connectivity index is 1.57. The maximum atomic E-state index is 9.45. The quantitative estimate of drug-likeness (QED) is 0.926. The van der Waals surface area contributed by atoms with Gasteiger partial charge >= 0.3 is 0 Å². The van der Waals surface area contributed by atoms with Crippen LogP contribution in [0.2, 0.25) is 0 Å². The Morgan fingerprint density at radius 1 is 1.24 bits per heavy atom. The molecule has 1 aromatic heterocycles. The largest absolute Gasteiger partial charge is 0.395 e. The van der Waals surface area contributed by atoms with Gasteiger partial charge in [-0.3, -0.25) is 4.90 Å². The monoisotopic (exact) mass is 284 g/mol. The van der Waals surface area contributed by atoms with Crippen molar-refractivity contribution in [2.45, 2.75) is 24.8 Å². The van der Waals surface area contributed by atoms with E-state index in [1.54, 1.807) is 0 Å². The fourth-order valence-electron chi connectivity index (χ4n) is 3.82. The van der Waals surface area contributed by atoms with Crippen LogP contribution >= 0.6 is 0 Å². The van der Waals surface area contributed by atoms with Gasteiger partial charge in [-0.2, -0.15) is 0 Å². The third-order valence-electron chi connectivity index (χ3n) is 5.00. The van der Waals surface area contributed by atoms with Crippen LogP contribution in [0.3, 0.4) is 0 Å². The molecule has 0 radical (unpaired) electrons. The van der Waals surface area contributed by atoms with Gasteiger partial charge < -0.3 is 5.11 Å². The van der Waals surface area contributed by atoms with Gasteiger partial charge in [0, 0.05) is 18.5 Å². The van der Waals surface area contributed by atoms with E-state index in [1.165, 1.54) is 6.42 Å². The molecule has 2 aromatic rings. The van der Waals surface area contributed by atoms with Crippen LogP contribution in [0.25, 0.3) is 5.69 Å². The maximum absolute atomic E-state index is 9.45. The summed E-state index contributed by atoms with van der Waals surface area (Å²) in [7, 11) is 0. The van der Waals surface area contributed by atoms with Crippen LogP contribution in [0.4, 0.5) is 0 Å². The lowest BCUT2D eigenvalue weighted by Crippen LogP contribution is -2.53. The molecule has 0 spiro atoms. The van der Waals surface area contributed by atoms with Crippen molar-refractivity contribution in [2.24, 2.45) is 5.92 Å². The smallest absolute Gasteiger partial charge is 0.0878 e. The zero-order valence-electron chi connectivity index (χ0n) is 12.0. The highest BCUT2D eigenvalue weighted by molar-refractivity contribution is 5.30. The first-order valence-corrected chi connectivity index (χ1v) is 7.67. The van der Waals surface area contributed by atoms with Crippen LogP contribution in [-0.2, 0) is 0 Å². The summed E-state index contributed by atoms with van der Waals surface area (Å²) >= 11 is 0. The molecule has 3 aliphatic rings. The summed E-state index contributed by atoms with van der Waals surface area (Å²) in [5, 5.41) is 18.1. The molecular weight excluding hydrogens is 264 g/mol. The Kier molecular flexibility index (Phi) is 3.24. The molecule has 3 saturated heterocycles. The molecule has 110 valence electrons. The van der Waals surface area contributed by atoms with Gasteiger partial charge in [-0.25, -0.2) is 4.68 Å². The second kappa shape index (κ2) is 5.24. The summed E-state index contributed by atoms with van der Waals surface area (Å²) < 4.78 is 1.86.